The smallest absolute Gasteiger partial charge is 0.336 e. The molecular weight excluding hydrogens is 304 g/mol. The number of nitrogens with two attached hydrogens (primary N) is 1. The predicted octanol–water partition coefficient (Wildman–Crippen LogP) is 3.29. The maximum Gasteiger partial charge on any atom is 0.336 e. The number of hydrogen-bond donors (Lipinski definition) is 2. The molecule has 3 rings (SSSR count). The van der Waals surface area contributed by atoms with Gasteiger partial charge in [-0.3, -0.25) is 0 Å². The van der Waals surface area contributed by atoms with Gasteiger partial charge < -0.3 is 19.9 Å². The van der Waals surface area contributed by atoms with Crippen LogP contribution in [0.2, 0.25) is 0 Å². The average molecular weight is 328 g/mol. The molecule has 0 fully saturated rings. The van der Waals surface area contributed by atoms with Crippen LogP contribution in [0.3, 0.4) is 0 Å². The number of fused-ring (bicyclic) bond motifs is 2. The molecule has 24 heavy (non-hydrogen) atoms. The summed E-state index contributed by atoms with van der Waals surface area (Å²) in [6.45, 7) is 9.37. The minimum atomic E-state index is -0.332. The molecule has 128 valence electrons. The molecule has 0 amide bonds. The van der Waals surface area contributed by atoms with Gasteiger partial charge in [0.05, 0.1) is 6.54 Å². The Kier molecular flexibility index (Phi) is 4.47. The van der Waals surface area contributed by atoms with Crippen molar-refractivity contribution >= 4 is 21.9 Å². The first-order valence-electron chi connectivity index (χ1n) is 8.34. The van der Waals surface area contributed by atoms with Crippen molar-refractivity contribution in [2.75, 3.05) is 6.54 Å². The second-order valence-electron chi connectivity index (χ2n) is 6.45. The van der Waals surface area contributed by atoms with E-state index in [0.717, 1.165) is 51.8 Å². The van der Waals surface area contributed by atoms with Crippen molar-refractivity contribution in [2.24, 2.45) is 5.73 Å². The highest BCUT2D eigenvalue weighted by Crippen LogP contribution is 2.33. The van der Waals surface area contributed by atoms with Gasteiger partial charge in [-0.2, -0.15) is 0 Å². The molecule has 0 aliphatic carbocycles. The summed E-state index contributed by atoms with van der Waals surface area (Å²) in [6.07, 6.45) is 0.939. The molecule has 0 aliphatic rings. The van der Waals surface area contributed by atoms with E-state index in [1.54, 1.807) is 0 Å². The molecule has 1 atom stereocenters. The highest BCUT2D eigenvalue weighted by molar-refractivity contribution is 5.99. The lowest BCUT2D eigenvalue weighted by Gasteiger charge is -2.09. The van der Waals surface area contributed by atoms with Crippen LogP contribution in [0.4, 0.5) is 0 Å². The Labute approximate surface area is 140 Å². The highest BCUT2D eigenvalue weighted by atomic mass is 16.4. The molecule has 2 aromatic heterocycles. The molecule has 0 aliphatic heterocycles. The van der Waals surface area contributed by atoms with Gasteiger partial charge in [-0.1, -0.05) is 6.92 Å². The number of rotatable bonds is 5. The fourth-order valence-electron chi connectivity index (χ4n) is 3.04. The van der Waals surface area contributed by atoms with Crippen molar-refractivity contribution in [1.82, 2.24) is 5.32 Å². The van der Waals surface area contributed by atoms with Crippen LogP contribution in [0.15, 0.2) is 25.8 Å². The first kappa shape index (κ1) is 16.7. The molecule has 0 saturated carbocycles. The lowest BCUT2D eigenvalue weighted by Crippen LogP contribution is -2.32. The van der Waals surface area contributed by atoms with Crippen LogP contribution < -0.4 is 16.7 Å². The SMILES string of the molecule is CCC(N)CNCc1oc2c(C)c3oc(=O)cc(C)c3cc2c1C. The number of aryl methyl sites for hydroxylation is 3. The van der Waals surface area contributed by atoms with Gasteiger partial charge in [0.2, 0.25) is 0 Å². The lowest BCUT2D eigenvalue weighted by atomic mass is 10.0. The molecule has 1 aromatic carbocycles. The summed E-state index contributed by atoms with van der Waals surface area (Å²) in [4.78, 5) is 11.7. The van der Waals surface area contributed by atoms with Crippen molar-refractivity contribution in [1.29, 1.82) is 0 Å². The third kappa shape index (κ3) is 2.85. The third-order valence-electron chi connectivity index (χ3n) is 4.68. The molecule has 0 bridgehead atoms. The Morgan fingerprint density at radius 3 is 2.50 bits per heavy atom. The van der Waals surface area contributed by atoms with E-state index in [1.807, 2.05) is 13.8 Å². The molecule has 1 unspecified atom stereocenters. The van der Waals surface area contributed by atoms with Crippen LogP contribution in [-0.2, 0) is 6.54 Å². The van der Waals surface area contributed by atoms with E-state index < -0.39 is 0 Å². The van der Waals surface area contributed by atoms with E-state index in [4.69, 9.17) is 14.6 Å². The molecule has 0 saturated heterocycles. The van der Waals surface area contributed by atoms with Crippen LogP contribution >= 0.6 is 0 Å². The summed E-state index contributed by atoms with van der Waals surface area (Å²) in [7, 11) is 0. The Morgan fingerprint density at radius 1 is 1.08 bits per heavy atom. The topological polar surface area (TPSA) is 81.4 Å². The molecule has 0 spiro atoms. The summed E-state index contributed by atoms with van der Waals surface area (Å²) in [5.41, 5.74) is 9.88. The molecule has 5 heteroatoms. The zero-order valence-electron chi connectivity index (χ0n) is 14.7. The number of hydrogen-bond acceptors (Lipinski definition) is 5. The van der Waals surface area contributed by atoms with Gasteiger partial charge in [0.25, 0.3) is 0 Å². The first-order valence-corrected chi connectivity index (χ1v) is 8.34. The Bertz CT molecular complexity index is 953. The summed E-state index contributed by atoms with van der Waals surface area (Å²) < 4.78 is 11.5. The van der Waals surface area contributed by atoms with Crippen molar-refractivity contribution < 1.29 is 8.83 Å². The quantitative estimate of drug-likeness (QED) is 0.702. The summed E-state index contributed by atoms with van der Waals surface area (Å²) >= 11 is 0. The van der Waals surface area contributed by atoms with Gasteiger partial charge in [-0.15, -0.1) is 0 Å². The molecule has 0 radical (unpaired) electrons. The van der Waals surface area contributed by atoms with E-state index >= 15 is 0 Å². The first-order chi connectivity index (χ1) is 11.4. The molecule has 2 heterocycles. The number of furan rings is 1. The average Bonchev–Trinajstić information content (AvgIpc) is 2.86. The Balaban J connectivity index is 2.07. The Morgan fingerprint density at radius 2 is 1.79 bits per heavy atom. The van der Waals surface area contributed by atoms with Crippen molar-refractivity contribution in [3.05, 3.63) is 45.0 Å². The Hall–Kier alpha value is -2.11. The van der Waals surface area contributed by atoms with Gasteiger partial charge in [0.15, 0.2) is 0 Å². The molecule has 5 nitrogen and oxygen atoms in total. The largest absolute Gasteiger partial charge is 0.459 e. The monoisotopic (exact) mass is 328 g/mol. The van der Waals surface area contributed by atoms with Crippen LogP contribution in [0.25, 0.3) is 21.9 Å². The number of nitrogens with one attached hydrogen (secondary N) is 1. The normalized spacial score (nSPS) is 13.0. The highest BCUT2D eigenvalue weighted by Gasteiger charge is 2.17. The zero-order chi connectivity index (χ0) is 17.4. The van der Waals surface area contributed by atoms with Crippen LogP contribution in [-0.4, -0.2) is 12.6 Å². The van der Waals surface area contributed by atoms with Crippen molar-refractivity contribution in [2.45, 2.75) is 46.7 Å². The maximum absolute atomic E-state index is 11.7. The maximum atomic E-state index is 11.7. The van der Waals surface area contributed by atoms with E-state index in [9.17, 15) is 4.79 Å². The van der Waals surface area contributed by atoms with Crippen LogP contribution in [0.1, 0.15) is 35.8 Å². The molecule has 3 N–H and O–H groups in total. The minimum Gasteiger partial charge on any atom is -0.459 e. The van der Waals surface area contributed by atoms with Crippen LogP contribution in [0.5, 0.6) is 0 Å². The summed E-state index contributed by atoms with van der Waals surface area (Å²) in [6, 6.07) is 3.73. The van der Waals surface area contributed by atoms with Gasteiger partial charge in [-0.25, -0.2) is 4.79 Å². The fraction of sp³-hybridized carbons (Fsp3) is 0.421. The second-order valence-corrected chi connectivity index (χ2v) is 6.45. The van der Waals surface area contributed by atoms with Crippen molar-refractivity contribution in [3.63, 3.8) is 0 Å². The predicted molar refractivity (Wildman–Crippen MR) is 96.4 cm³/mol. The molecule has 3 aromatic rings. The minimum absolute atomic E-state index is 0.149. The van der Waals surface area contributed by atoms with Crippen molar-refractivity contribution in [3.8, 4) is 0 Å². The van der Waals surface area contributed by atoms with Gasteiger partial charge in [-0.05, 0) is 44.4 Å². The summed E-state index contributed by atoms with van der Waals surface area (Å²) in [5, 5.41) is 5.36. The summed E-state index contributed by atoms with van der Waals surface area (Å²) in [5.74, 6) is 0.895. The second kappa shape index (κ2) is 6.42. The van der Waals surface area contributed by atoms with Gasteiger partial charge in [0.1, 0.15) is 16.9 Å². The van der Waals surface area contributed by atoms with E-state index in [2.05, 4.69) is 25.2 Å². The molecular formula is C19H24N2O3. The standard InChI is InChI=1S/C19H24N2O3/c1-5-13(20)8-21-9-16-11(3)15-7-14-10(2)6-17(22)24-18(14)12(4)19(15)23-16/h6-7,13,21H,5,8-9,20H2,1-4H3. The lowest BCUT2D eigenvalue weighted by molar-refractivity contribution is 0.487. The van der Waals surface area contributed by atoms with E-state index in [1.165, 1.54) is 6.07 Å². The van der Waals surface area contributed by atoms with Crippen LogP contribution in [0, 0.1) is 20.8 Å². The van der Waals surface area contributed by atoms with E-state index in [0.29, 0.717) is 12.1 Å². The van der Waals surface area contributed by atoms with Gasteiger partial charge in [0, 0.05) is 35.0 Å². The van der Waals surface area contributed by atoms with E-state index in [-0.39, 0.29) is 11.7 Å². The van der Waals surface area contributed by atoms with Gasteiger partial charge >= 0.3 is 5.63 Å². The third-order valence-corrected chi connectivity index (χ3v) is 4.68. The fourth-order valence-corrected chi connectivity index (χ4v) is 3.04. The number of benzene rings is 1. The zero-order valence-corrected chi connectivity index (χ0v) is 14.7.